The maximum atomic E-state index is 14.2. The number of benzene rings is 1. The summed E-state index contributed by atoms with van der Waals surface area (Å²) in [5.74, 6) is 0.310. The quantitative estimate of drug-likeness (QED) is 0.847. The van der Waals surface area contributed by atoms with E-state index < -0.39 is 0 Å². The number of amides is 1. The fourth-order valence-electron chi connectivity index (χ4n) is 3.31. The van der Waals surface area contributed by atoms with E-state index >= 15 is 0 Å². The second-order valence-corrected chi connectivity index (χ2v) is 6.76. The van der Waals surface area contributed by atoms with Crippen molar-refractivity contribution in [3.63, 3.8) is 0 Å². The smallest absolute Gasteiger partial charge is 0.227 e. The SMILES string of the molecule is NCCCN1CCC(c2cc(NC(=O)C3CC3)ccc2F)CC1. The number of carbonyl (C=O) groups is 1. The van der Waals surface area contributed by atoms with Crippen molar-refractivity contribution in [3.8, 4) is 0 Å². The normalized spacial score (nSPS) is 19.7. The first-order valence-electron chi connectivity index (χ1n) is 8.70. The van der Waals surface area contributed by atoms with E-state index in [2.05, 4.69) is 10.2 Å². The third-order valence-electron chi connectivity index (χ3n) is 4.92. The molecule has 23 heavy (non-hydrogen) atoms. The van der Waals surface area contributed by atoms with Crippen LogP contribution in [0.2, 0.25) is 0 Å². The maximum Gasteiger partial charge on any atom is 0.227 e. The number of anilines is 1. The van der Waals surface area contributed by atoms with E-state index in [1.54, 1.807) is 6.07 Å². The Labute approximate surface area is 137 Å². The van der Waals surface area contributed by atoms with Crippen LogP contribution in [0.1, 0.15) is 43.6 Å². The predicted octanol–water partition coefficient (Wildman–Crippen LogP) is 2.70. The Bertz CT molecular complexity index is 551. The van der Waals surface area contributed by atoms with Gasteiger partial charge in [-0.3, -0.25) is 4.79 Å². The summed E-state index contributed by atoms with van der Waals surface area (Å²) in [5.41, 5.74) is 7.03. The minimum absolute atomic E-state index is 0.0687. The van der Waals surface area contributed by atoms with Crippen LogP contribution >= 0.6 is 0 Å². The lowest BCUT2D eigenvalue weighted by atomic mass is 9.88. The van der Waals surface area contributed by atoms with Crippen LogP contribution in [0.5, 0.6) is 0 Å². The Morgan fingerprint density at radius 3 is 2.65 bits per heavy atom. The number of rotatable bonds is 6. The molecule has 126 valence electrons. The first kappa shape index (κ1) is 16.4. The van der Waals surface area contributed by atoms with Crippen LogP contribution in [0.4, 0.5) is 10.1 Å². The largest absolute Gasteiger partial charge is 0.330 e. The lowest BCUT2D eigenvalue weighted by Gasteiger charge is -2.32. The number of halogens is 1. The second kappa shape index (κ2) is 7.41. The van der Waals surface area contributed by atoms with E-state index in [9.17, 15) is 9.18 Å². The maximum absolute atomic E-state index is 14.2. The summed E-state index contributed by atoms with van der Waals surface area (Å²) < 4.78 is 14.2. The average Bonchev–Trinajstić information content (AvgIpc) is 3.40. The molecule has 0 unspecified atom stereocenters. The molecule has 0 radical (unpaired) electrons. The molecule has 1 aromatic carbocycles. The van der Waals surface area contributed by atoms with Gasteiger partial charge in [-0.15, -0.1) is 0 Å². The van der Waals surface area contributed by atoms with Crippen LogP contribution in [-0.4, -0.2) is 37.0 Å². The molecule has 3 rings (SSSR count). The summed E-state index contributed by atoms with van der Waals surface area (Å²) in [7, 11) is 0. The minimum Gasteiger partial charge on any atom is -0.330 e. The van der Waals surface area contributed by atoms with Gasteiger partial charge in [0, 0.05) is 11.6 Å². The predicted molar refractivity (Wildman–Crippen MR) is 89.8 cm³/mol. The molecule has 1 aliphatic carbocycles. The molecule has 0 spiro atoms. The van der Waals surface area contributed by atoms with Gasteiger partial charge in [0.1, 0.15) is 5.82 Å². The highest BCUT2D eigenvalue weighted by molar-refractivity contribution is 5.94. The van der Waals surface area contributed by atoms with E-state index in [0.717, 1.165) is 69.5 Å². The summed E-state index contributed by atoms with van der Waals surface area (Å²) >= 11 is 0. The van der Waals surface area contributed by atoms with Gasteiger partial charge in [-0.2, -0.15) is 0 Å². The first-order valence-corrected chi connectivity index (χ1v) is 8.70. The monoisotopic (exact) mass is 319 g/mol. The number of carbonyl (C=O) groups excluding carboxylic acids is 1. The molecular weight excluding hydrogens is 293 g/mol. The summed E-state index contributed by atoms with van der Waals surface area (Å²) in [4.78, 5) is 14.3. The summed E-state index contributed by atoms with van der Waals surface area (Å²) in [6, 6.07) is 4.98. The van der Waals surface area contributed by atoms with Gasteiger partial charge in [0.2, 0.25) is 5.91 Å². The number of likely N-dealkylation sites (tertiary alicyclic amines) is 1. The molecule has 1 aromatic rings. The Balaban J connectivity index is 1.61. The van der Waals surface area contributed by atoms with Gasteiger partial charge in [0.05, 0.1) is 0 Å². The van der Waals surface area contributed by atoms with Gasteiger partial charge in [0.25, 0.3) is 0 Å². The summed E-state index contributed by atoms with van der Waals surface area (Å²) in [5, 5.41) is 2.92. The Kier molecular flexibility index (Phi) is 5.28. The van der Waals surface area contributed by atoms with Crippen LogP contribution < -0.4 is 11.1 Å². The average molecular weight is 319 g/mol. The Morgan fingerprint density at radius 2 is 2.00 bits per heavy atom. The molecule has 1 amide bonds. The molecule has 1 aliphatic heterocycles. The Hall–Kier alpha value is -1.46. The third kappa shape index (κ3) is 4.30. The third-order valence-corrected chi connectivity index (χ3v) is 4.92. The second-order valence-electron chi connectivity index (χ2n) is 6.76. The summed E-state index contributed by atoms with van der Waals surface area (Å²) in [6.45, 7) is 3.73. The summed E-state index contributed by atoms with van der Waals surface area (Å²) in [6.07, 6.45) is 4.88. The van der Waals surface area contributed by atoms with E-state index in [4.69, 9.17) is 5.73 Å². The number of hydrogen-bond acceptors (Lipinski definition) is 3. The molecule has 4 nitrogen and oxygen atoms in total. The van der Waals surface area contributed by atoms with Crippen molar-refractivity contribution >= 4 is 11.6 Å². The van der Waals surface area contributed by atoms with Crippen molar-refractivity contribution in [3.05, 3.63) is 29.6 Å². The van der Waals surface area contributed by atoms with Crippen molar-refractivity contribution in [2.45, 2.75) is 38.0 Å². The molecule has 2 fully saturated rings. The fraction of sp³-hybridized carbons (Fsp3) is 0.611. The lowest BCUT2D eigenvalue weighted by molar-refractivity contribution is -0.117. The molecule has 0 atom stereocenters. The lowest BCUT2D eigenvalue weighted by Crippen LogP contribution is -2.34. The zero-order valence-electron chi connectivity index (χ0n) is 13.6. The highest BCUT2D eigenvalue weighted by atomic mass is 19.1. The molecule has 2 aliphatic rings. The molecule has 0 aromatic heterocycles. The van der Waals surface area contributed by atoms with Gasteiger partial charge in [-0.1, -0.05) is 0 Å². The highest BCUT2D eigenvalue weighted by Crippen LogP contribution is 2.33. The van der Waals surface area contributed by atoms with Crippen LogP contribution in [0.3, 0.4) is 0 Å². The zero-order valence-corrected chi connectivity index (χ0v) is 13.6. The minimum atomic E-state index is -0.158. The van der Waals surface area contributed by atoms with Crippen molar-refractivity contribution < 1.29 is 9.18 Å². The van der Waals surface area contributed by atoms with Gasteiger partial charge < -0.3 is 16.0 Å². The standard InChI is InChI=1S/C18H26FN3O/c19-17-5-4-15(21-18(23)14-2-3-14)12-16(17)13-6-10-22(11-7-13)9-1-8-20/h4-5,12-14H,1-3,6-11,20H2,(H,21,23). The van der Waals surface area contributed by atoms with Crippen molar-refractivity contribution in [1.82, 2.24) is 4.90 Å². The van der Waals surface area contributed by atoms with Crippen molar-refractivity contribution in [2.24, 2.45) is 11.7 Å². The number of hydrogen-bond donors (Lipinski definition) is 2. The van der Waals surface area contributed by atoms with E-state index in [0.29, 0.717) is 0 Å². The van der Waals surface area contributed by atoms with Crippen LogP contribution in [0, 0.1) is 11.7 Å². The number of nitrogens with one attached hydrogen (secondary N) is 1. The molecular formula is C18H26FN3O. The number of nitrogens with zero attached hydrogens (tertiary/aromatic N) is 1. The molecule has 1 saturated carbocycles. The van der Waals surface area contributed by atoms with Gasteiger partial charge >= 0.3 is 0 Å². The molecule has 1 heterocycles. The van der Waals surface area contributed by atoms with Crippen LogP contribution in [-0.2, 0) is 4.79 Å². The number of nitrogens with two attached hydrogens (primary N) is 1. The molecule has 5 heteroatoms. The molecule has 3 N–H and O–H groups in total. The molecule has 1 saturated heterocycles. The molecule has 0 bridgehead atoms. The van der Waals surface area contributed by atoms with Gasteiger partial charge in [-0.25, -0.2) is 4.39 Å². The van der Waals surface area contributed by atoms with E-state index in [1.165, 1.54) is 6.07 Å². The van der Waals surface area contributed by atoms with Crippen molar-refractivity contribution in [2.75, 3.05) is 31.5 Å². The van der Waals surface area contributed by atoms with Gasteiger partial charge in [-0.05, 0) is 88.0 Å². The van der Waals surface area contributed by atoms with E-state index in [-0.39, 0.29) is 23.6 Å². The number of piperidine rings is 1. The van der Waals surface area contributed by atoms with Crippen LogP contribution in [0.15, 0.2) is 18.2 Å². The van der Waals surface area contributed by atoms with Crippen LogP contribution in [0.25, 0.3) is 0 Å². The topological polar surface area (TPSA) is 58.4 Å². The van der Waals surface area contributed by atoms with Crippen molar-refractivity contribution in [1.29, 1.82) is 0 Å². The van der Waals surface area contributed by atoms with Gasteiger partial charge in [0.15, 0.2) is 0 Å². The highest BCUT2D eigenvalue weighted by Gasteiger charge is 2.30. The van der Waals surface area contributed by atoms with E-state index in [1.807, 2.05) is 6.07 Å². The fourth-order valence-corrected chi connectivity index (χ4v) is 3.31. The Morgan fingerprint density at radius 1 is 1.26 bits per heavy atom. The first-order chi connectivity index (χ1) is 11.2. The zero-order chi connectivity index (χ0) is 16.2.